The Labute approximate surface area is 200 Å². The summed E-state index contributed by atoms with van der Waals surface area (Å²) in [7, 11) is 1.97. The van der Waals surface area contributed by atoms with Gasteiger partial charge in [0.05, 0.1) is 17.1 Å². The number of rotatable bonds is 3. The van der Waals surface area contributed by atoms with Crippen LogP contribution in [0, 0.1) is 0 Å². The second-order valence-electron chi connectivity index (χ2n) is 9.07. The Balaban J connectivity index is 1.53. The minimum absolute atomic E-state index is 0.0384. The van der Waals surface area contributed by atoms with E-state index in [0.29, 0.717) is 26.2 Å². The van der Waals surface area contributed by atoms with E-state index >= 15 is 0 Å². The number of aryl methyl sites for hydroxylation is 1. The van der Waals surface area contributed by atoms with Gasteiger partial charge >= 0.3 is 5.69 Å². The molecule has 3 aromatic rings. The summed E-state index contributed by atoms with van der Waals surface area (Å²) in [6.45, 7) is 8.14. The highest BCUT2D eigenvalue weighted by Crippen LogP contribution is 2.40. The normalized spacial score (nSPS) is 21.5. The van der Waals surface area contributed by atoms with Crippen molar-refractivity contribution in [3.05, 3.63) is 63.7 Å². The molecule has 9 heteroatoms. The van der Waals surface area contributed by atoms with E-state index in [-0.39, 0.29) is 23.6 Å². The molecule has 1 saturated heterocycles. The van der Waals surface area contributed by atoms with Crippen molar-refractivity contribution in [2.24, 2.45) is 7.05 Å². The van der Waals surface area contributed by atoms with E-state index in [1.807, 2.05) is 39.2 Å². The number of para-hydroxylation sites is 1. The highest BCUT2D eigenvalue weighted by atomic mass is 32.2. The molecule has 3 aliphatic rings. The molecule has 0 spiro atoms. The van der Waals surface area contributed by atoms with Gasteiger partial charge in [-0.15, -0.1) is 11.8 Å². The van der Waals surface area contributed by atoms with Gasteiger partial charge in [-0.2, -0.15) is 10.1 Å². The second-order valence-corrected chi connectivity index (χ2v) is 10.2. The van der Waals surface area contributed by atoms with Gasteiger partial charge in [0.2, 0.25) is 5.91 Å². The maximum Gasteiger partial charge on any atom is 0.350 e. The Hall–Kier alpha value is -3.33. The van der Waals surface area contributed by atoms with E-state index in [0.717, 1.165) is 33.0 Å². The van der Waals surface area contributed by atoms with Crippen molar-refractivity contribution < 1.29 is 4.79 Å². The van der Waals surface area contributed by atoms with Crippen LogP contribution in [0.25, 0.3) is 21.9 Å². The number of hydrogen-bond acceptors (Lipinski definition) is 6. The number of anilines is 1. The first-order valence-corrected chi connectivity index (χ1v) is 12.5. The highest BCUT2D eigenvalue weighted by Gasteiger charge is 2.33. The summed E-state index contributed by atoms with van der Waals surface area (Å²) in [4.78, 5) is 35.1. The Morgan fingerprint density at radius 2 is 2.12 bits per heavy atom. The minimum atomic E-state index is -0.198. The lowest BCUT2D eigenvalue weighted by Gasteiger charge is -2.40. The zero-order chi connectivity index (χ0) is 23.6. The minimum Gasteiger partial charge on any atom is -0.350 e. The Morgan fingerprint density at radius 3 is 2.91 bits per heavy atom. The summed E-state index contributed by atoms with van der Waals surface area (Å²) >= 11 is 1.84. The van der Waals surface area contributed by atoms with E-state index in [1.54, 1.807) is 0 Å². The lowest BCUT2D eigenvalue weighted by atomic mass is 9.97. The monoisotopic (exact) mass is 474 g/mol. The molecule has 0 saturated carbocycles. The van der Waals surface area contributed by atoms with Gasteiger partial charge in [0.15, 0.2) is 0 Å². The molecule has 8 nitrogen and oxygen atoms in total. The predicted molar refractivity (Wildman–Crippen MR) is 135 cm³/mol. The Bertz CT molecular complexity index is 1540. The lowest BCUT2D eigenvalue weighted by Crippen LogP contribution is -2.57. The van der Waals surface area contributed by atoms with Crippen LogP contribution in [-0.4, -0.2) is 61.6 Å². The van der Waals surface area contributed by atoms with Crippen molar-refractivity contribution in [2.45, 2.75) is 25.4 Å². The van der Waals surface area contributed by atoms with Crippen LogP contribution < -0.4 is 21.2 Å². The van der Waals surface area contributed by atoms with Gasteiger partial charge in [0.1, 0.15) is 5.82 Å². The van der Waals surface area contributed by atoms with E-state index < -0.39 is 0 Å². The molecule has 174 valence electrons. The number of nitrogens with zero attached hydrogens (tertiary/aromatic N) is 6. The van der Waals surface area contributed by atoms with E-state index in [1.165, 1.54) is 16.5 Å². The van der Waals surface area contributed by atoms with Crippen molar-refractivity contribution in [3.63, 3.8) is 0 Å². The van der Waals surface area contributed by atoms with Gasteiger partial charge in [-0.1, -0.05) is 30.9 Å². The van der Waals surface area contributed by atoms with Crippen molar-refractivity contribution in [1.29, 1.82) is 0 Å². The first kappa shape index (κ1) is 21.2. The third-order valence-corrected chi connectivity index (χ3v) is 8.28. The van der Waals surface area contributed by atoms with Gasteiger partial charge in [0.25, 0.3) is 0 Å². The fourth-order valence-corrected chi connectivity index (χ4v) is 6.77. The fraction of sp³-hybridized carbons (Fsp3) is 0.360. The molecule has 1 aliphatic carbocycles. The lowest BCUT2D eigenvalue weighted by molar-refractivity contribution is -0.126. The molecule has 0 radical (unpaired) electrons. The smallest absolute Gasteiger partial charge is 0.350 e. The first-order valence-electron chi connectivity index (χ1n) is 11.6. The molecule has 6 rings (SSSR count). The molecule has 1 aromatic carbocycles. The first-order chi connectivity index (χ1) is 16.5. The van der Waals surface area contributed by atoms with Crippen molar-refractivity contribution in [2.75, 3.05) is 30.3 Å². The largest absolute Gasteiger partial charge is 0.350 e. The summed E-state index contributed by atoms with van der Waals surface area (Å²) in [5.74, 6) is 1.58. The zero-order valence-corrected chi connectivity index (χ0v) is 20.1. The summed E-state index contributed by atoms with van der Waals surface area (Å²) in [5, 5.41) is 7.62. The number of benzene rings is 1. The maximum atomic E-state index is 13.1. The topological polar surface area (TPSA) is 76.3 Å². The Morgan fingerprint density at radius 1 is 1.26 bits per heavy atom. The summed E-state index contributed by atoms with van der Waals surface area (Å²) < 4.78 is 3.77. The maximum absolute atomic E-state index is 13.1. The number of thioether (sulfide) groups is 1. The van der Waals surface area contributed by atoms with Crippen LogP contribution >= 0.6 is 11.8 Å². The molecule has 2 aromatic heterocycles. The van der Waals surface area contributed by atoms with Crippen molar-refractivity contribution in [1.82, 2.24) is 24.2 Å². The highest BCUT2D eigenvalue weighted by molar-refractivity contribution is 8.08. The van der Waals surface area contributed by atoms with Crippen LogP contribution in [0.4, 0.5) is 5.82 Å². The molecule has 4 heterocycles. The second kappa shape index (κ2) is 7.87. The third kappa shape index (κ3) is 3.06. The number of fused-ring (bicyclic) bond motifs is 1. The van der Waals surface area contributed by atoms with Crippen molar-refractivity contribution >= 4 is 45.4 Å². The van der Waals surface area contributed by atoms with Crippen LogP contribution in [0.1, 0.15) is 18.4 Å². The van der Waals surface area contributed by atoms with Crippen LogP contribution in [-0.2, 0) is 18.4 Å². The van der Waals surface area contributed by atoms with Crippen molar-refractivity contribution in [3.8, 4) is 0 Å². The molecule has 1 amide bonds. The number of aromatic nitrogens is 4. The molecule has 34 heavy (non-hydrogen) atoms. The number of carbonyl (C=O) groups excluding carboxylic acids is 1. The number of carbonyl (C=O) groups is 1. The van der Waals surface area contributed by atoms with Gasteiger partial charge in [0, 0.05) is 66.4 Å². The number of piperazine rings is 1. The van der Waals surface area contributed by atoms with Gasteiger partial charge in [-0.05, 0) is 18.6 Å². The quantitative estimate of drug-likeness (QED) is 0.523. The summed E-state index contributed by atoms with van der Waals surface area (Å²) in [5.41, 5.74) is 2.11. The molecule has 2 atom stereocenters. The standard InChI is InChI=1S/C25H26N6O2S/c1-4-20(32)29-8-9-30(15(2)14-29)24-19-12-18(17-7-5-6-16-13-26-28(3)21(16)17)23-22(19)31(10-11-34-23)25(33)27-24/h4-7,12-13,15,18H,1,8-11,14H2,2-3H3/t15-,18?/m0/s1. The molecule has 0 bridgehead atoms. The van der Waals surface area contributed by atoms with Crippen LogP contribution in [0.3, 0.4) is 0 Å². The van der Waals surface area contributed by atoms with E-state index in [4.69, 9.17) is 0 Å². The fourth-order valence-electron chi connectivity index (χ4n) is 5.55. The van der Waals surface area contributed by atoms with Crippen LogP contribution in [0.15, 0.2) is 41.8 Å². The van der Waals surface area contributed by atoms with Gasteiger partial charge in [-0.25, -0.2) is 4.79 Å². The van der Waals surface area contributed by atoms with Gasteiger partial charge in [-0.3, -0.25) is 14.0 Å². The average Bonchev–Trinajstić information content (AvgIpc) is 3.43. The predicted octanol–water partition coefficient (Wildman–Crippen LogP) is 0.786. The molecule has 1 unspecified atom stereocenters. The molecular weight excluding hydrogens is 448 g/mol. The number of amides is 1. The molecule has 2 aliphatic heterocycles. The van der Waals surface area contributed by atoms with Crippen LogP contribution in [0.2, 0.25) is 0 Å². The third-order valence-electron chi connectivity index (χ3n) is 7.13. The SMILES string of the molecule is C=CC(=O)N1CCN(c2nc(=O)n3c4c2=CC(c2cccc5cnn(C)c25)C=4SCC3)[C@@H](C)C1. The zero-order valence-electron chi connectivity index (χ0n) is 19.3. The number of hydrogen-bond donors (Lipinski definition) is 0. The average molecular weight is 475 g/mol. The molecule has 1 fully saturated rings. The Kier molecular flexibility index (Phi) is 4.91. The van der Waals surface area contributed by atoms with Crippen LogP contribution in [0.5, 0.6) is 0 Å². The van der Waals surface area contributed by atoms with E-state index in [2.05, 4.69) is 52.8 Å². The summed E-state index contributed by atoms with van der Waals surface area (Å²) in [6.07, 6.45) is 5.53. The van der Waals surface area contributed by atoms with E-state index in [9.17, 15) is 9.59 Å². The van der Waals surface area contributed by atoms with Gasteiger partial charge < -0.3 is 9.80 Å². The summed E-state index contributed by atoms with van der Waals surface area (Å²) in [6, 6.07) is 6.36. The molecular formula is C25H26N6O2S. The molecule has 0 N–H and O–H groups in total.